The van der Waals surface area contributed by atoms with Crippen LogP contribution in [0, 0.1) is 0 Å². The highest BCUT2D eigenvalue weighted by Gasteiger charge is 2.28. The quantitative estimate of drug-likeness (QED) is 0.805. The molecule has 0 fully saturated rings. The number of para-hydroxylation sites is 1. The molecule has 2 amide bonds. The Morgan fingerprint density at radius 3 is 2.53 bits per heavy atom. The number of carbonyl (C=O) groups is 2. The van der Waals surface area contributed by atoms with Gasteiger partial charge in [-0.1, -0.05) is 18.2 Å². The summed E-state index contributed by atoms with van der Waals surface area (Å²) in [7, 11) is 0. The molecule has 5 nitrogen and oxygen atoms in total. The second-order valence-electron chi connectivity index (χ2n) is 4.80. The zero-order valence-corrected chi connectivity index (χ0v) is 12.2. The van der Waals surface area contributed by atoms with Gasteiger partial charge in [0.25, 0.3) is 5.91 Å². The van der Waals surface area contributed by atoms with Gasteiger partial charge in [-0.2, -0.15) is 0 Å². The van der Waals surface area contributed by atoms with Crippen molar-refractivity contribution in [1.29, 1.82) is 0 Å². The average Bonchev–Trinajstić information content (AvgIpc) is 2.67. The van der Waals surface area contributed by atoms with Crippen LogP contribution in [0.4, 0.5) is 0 Å². The Hall–Kier alpha value is -1.82. The fraction of sp³-hybridized carbons (Fsp3) is 0.231. The summed E-state index contributed by atoms with van der Waals surface area (Å²) in [4.78, 5) is 26.4. The first-order chi connectivity index (χ1) is 8.83. The number of rotatable bonds is 3. The molecular weight excluding hydrogens is 310 g/mol. The summed E-state index contributed by atoms with van der Waals surface area (Å²) in [5.41, 5.74) is 5.35. The average molecular weight is 324 g/mol. The van der Waals surface area contributed by atoms with E-state index in [9.17, 15) is 9.59 Å². The number of nitrogens with two attached hydrogens (primary N) is 1. The number of H-pyrrole nitrogens is 1. The summed E-state index contributed by atoms with van der Waals surface area (Å²) >= 11 is 3.39. The van der Waals surface area contributed by atoms with Crippen LogP contribution in [0.5, 0.6) is 0 Å². The van der Waals surface area contributed by atoms with E-state index in [1.54, 1.807) is 13.8 Å². The molecule has 0 radical (unpaired) electrons. The van der Waals surface area contributed by atoms with Gasteiger partial charge in [0.1, 0.15) is 11.2 Å². The van der Waals surface area contributed by atoms with Crippen LogP contribution >= 0.6 is 15.9 Å². The molecule has 0 saturated carbocycles. The van der Waals surface area contributed by atoms with Crippen LogP contribution in [0.3, 0.4) is 0 Å². The topological polar surface area (TPSA) is 88.0 Å². The van der Waals surface area contributed by atoms with Gasteiger partial charge in [-0.25, -0.2) is 0 Å². The summed E-state index contributed by atoms with van der Waals surface area (Å²) in [6.45, 7) is 3.12. The Bertz CT molecular complexity index is 661. The van der Waals surface area contributed by atoms with E-state index in [0.29, 0.717) is 10.2 Å². The number of hydrogen-bond acceptors (Lipinski definition) is 2. The van der Waals surface area contributed by atoms with Crippen molar-refractivity contribution < 1.29 is 9.59 Å². The van der Waals surface area contributed by atoms with Crippen molar-refractivity contribution in [2.75, 3.05) is 0 Å². The predicted molar refractivity (Wildman–Crippen MR) is 76.7 cm³/mol. The van der Waals surface area contributed by atoms with E-state index in [1.165, 1.54) is 0 Å². The first kappa shape index (κ1) is 13.6. The van der Waals surface area contributed by atoms with Crippen LogP contribution in [0.2, 0.25) is 0 Å². The molecule has 0 aliphatic carbocycles. The van der Waals surface area contributed by atoms with Crippen LogP contribution in [-0.4, -0.2) is 22.3 Å². The summed E-state index contributed by atoms with van der Waals surface area (Å²) in [5, 5.41) is 3.51. The molecule has 2 aromatic rings. The molecule has 0 aliphatic heterocycles. The number of hydrogen-bond donors (Lipinski definition) is 3. The van der Waals surface area contributed by atoms with Crippen LogP contribution in [-0.2, 0) is 4.79 Å². The third-order valence-corrected chi connectivity index (χ3v) is 3.74. The lowest BCUT2D eigenvalue weighted by molar-refractivity contribution is -0.122. The third-order valence-electron chi connectivity index (χ3n) is 2.91. The van der Waals surface area contributed by atoms with Gasteiger partial charge in [0.15, 0.2) is 0 Å². The van der Waals surface area contributed by atoms with Gasteiger partial charge < -0.3 is 16.0 Å². The molecule has 0 saturated heterocycles. The van der Waals surface area contributed by atoms with E-state index >= 15 is 0 Å². The highest BCUT2D eigenvalue weighted by molar-refractivity contribution is 9.10. The normalized spacial score (nSPS) is 11.5. The lowest BCUT2D eigenvalue weighted by Crippen LogP contribution is -2.53. The number of amides is 2. The molecule has 2 rings (SSSR count). The fourth-order valence-electron chi connectivity index (χ4n) is 1.67. The van der Waals surface area contributed by atoms with Crippen molar-refractivity contribution in [2.24, 2.45) is 5.73 Å². The summed E-state index contributed by atoms with van der Waals surface area (Å²) in [6.07, 6.45) is 0. The molecule has 1 heterocycles. The molecule has 0 spiro atoms. The number of primary amides is 1. The van der Waals surface area contributed by atoms with Crippen molar-refractivity contribution in [3.05, 3.63) is 34.4 Å². The highest BCUT2D eigenvalue weighted by atomic mass is 79.9. The Morgan fingerprint density at radius 2 is 1.95 bits per heavy atom. The monoisotopic (exact) mass is 323 g/mol. The molecule has 19 heavy (non-hydrogen) atoms. The van der Waals surface area contributed by atoms with Crippen molar-refractivity contribution in [3.63, 3.8) is 0 Å². The Kier molecular flexibility index (Phi) is 3.36. The van der Waals surface area contributed by atoms with Gasteiger partial charge >= 0.3 is 0 Å². The second kappa shape index (κ2) is 4.70. The van der Waals surface area contributed by atoms with E-state index < -0.39 is 11.4 Å². The maximum Gasteiger partial charge on any atom is 0.269 e. The second-order valence-corrected chi connectivity index (χ2v) is 5.60. The van der Waals surface area contributed by atoms with Gasteiger partial charge in [-0.05, 0) is 35.8 Å². The van der Waals surface area contributed by atoms with E-state index in [1.807, 2.05) is 24.3 Å². The van der Waals surface area contributed by atoms with Crippen LogP contribution in [0.25, 0.3) is 10.9 Å². The number of halogens is 1. The molecule has 0 atom stereocenters. The summed E-state index contributed by atoms with van der Waals surface area (Å²) in [6, 6.07) is 7.53. The van der Waals surface area contributed by atoms with Crippen molar-refractivity contribution in [1.82, 2.24) is 10.3 Å². The lowest BCUT2D eigenvalue weighted by atomic mass is 10.1. The Labute approximate surface area is 118 Å². The summed E-state index contributed by atoms with van der Waals surface area (Å²) < 4.78 is 0.667. The number of benzene rings is 1. The molecular formula is C13H14BrN3O2. The predicted octanol–water partition coefficient (Wildman–Crippen LogP) is 1.92. The highest BCUT2D eigenvalue weighted by Crippen LogP contribution is 2.27. The van der Waals surface area contributed by atoms with E-state index in [4.69, 9.17) is 5.73 Å². The van der Waals surface area contributed by atoms with Gasteiger partial charge in [0.2, 0.25) is 5.91 Å². The molecule has 0 aliphatic rings. The van der Waals surface area contributed by atoms with Crippen molar-refractivity contribution >= 4 is 38.6 Å². The smallest absolute Gasteiger partial charge is 0.269 e. The Morgan fingerprint density at radius 1 is 1.32 bits per heavy atom. The molecule has 100 valence electrons. The molecule has 0 bridgehead atoms. The molecule has 1 aromatic carbocycles. The van der Waals surface area contributed by atoms with Crippen molar-refractivity contribution in [3.8, 4) is 0 Å². The largest absolute Gasteiger partial charge is 0.368 e. The molecule has 6 heteroatoms. The maximum absolute atomic E-state index is 12.2. The SMILES string of the molecule is CC(C)(NC(=O)c1[nH]c2ccccc2c1Br)C(N)=O. The van der Waals surface area contributed by atoms with Gasteiger partial charge in [0.05, 0.1) is 4.47 Å². The number of aromatic nitrogens is 1. The number of fused-ring (bicyclic) bond motifs is 1. The van der Waals surface area contributed by atoms with Crippen LogP contribution < -0.4 is 11.1 Å². The van der Waals surface area contributed by atoms with Gasteiger partial charge in [0, 0.05) is 10.9 Å². The minimum Gasteiger partial charge on any atom is -0.368 e. The number of aromatic amines is 1. The minimum absolute atomic E-state index is 0.371. The molecule has 4 N–H and O–H groups in total. The maximum atomic E-state index is 12.2. The first-order valence-corrected chi connectivity index (χ1v) is 6.51. The zero-order chi connectivity index (χ0) is 14.2. The van der Waals surface area contributed by atoms with Gasteiger partial charge in [-0.3, -0.25) is 9.59 Å². The minimum atomic E-state index is -1.10. The third kappa shape index (κ3) is 2.49. The molecule has 0 unspecified atom stereocenters. The summed E-state index contributed by atoms with van der Waals surface area (Å²) in [5.74, 6) is -0.972. The number of nitrogens with one attached hydrogen (secondary N) is 2. The fourth-order valence-corrected chi connectivity index (χ4v) is 2.30. The first-order valence-electron chi connectivity index (χ1n) is 5.71. The van der Waals surface area contributed by atoms with Gasteiger partial charge in [-0.15, -0.1) is 0 Å². The molecule has 1 aromatic heterocycles. The zero-order valence-electron chi connectivity index (χ0n) is 10.6. The van der Waals surface area contributed by atoms with E-state index in [-0.39, 0.29) is 5.91 Å². The van der Waals surface area contributed by atoms with E-state index in [0.717, 1.165) is 10.9 Å². The van der Waals surface area contributed by atoms with Crippen LogP contribution in [0.1, 0.15) is 24.3 Å². The van der Waals surface area contributed by atoms with Crippen LogP contribution in [0.15, 0.2) is 28.7 Å². The van der Waals surface area contributed by atoms with E-state index in [2.05, 4.69) is 26.2 Å². The Balaban J connectivity index is 2.37. The standard InChI is InChI=1S/C13H14BrN3O2/c1-13(2,12(15)19)17-11(18)10-9(14)7-5-3-4-6-8(7)16-10/h3-6,16H,1-2H3,(H2,15,19)(H,17,18). The number of carbonyl (C=O) groups excluding carboxylic acids is 2. The lowest BCUT2D eigenvalue weighted by Gasteiger charge is -2.21. The van der Waals surface area contributed by atoms with Crippen molar-refractivity contribution in [2.45, 2.75) is 19.4 Å².